The van der Waals surface area contributed by atoms with Gasteiger partial charge in [-0.2, -0.15) is 0 Å². The van der Waals surface area contributed by atoms with Gasteiger partial charge in [-0.3, -0.25) is 4.79 Å². The van der Waals surface area contributed by atoms with Gasteiger partial charge in [0, 0.05) is 19.2 Å². The quantitative estimate of drug-likeness (QED) is 0.480. The molecule has 2 aromatic carbocycles. The van der Waals surface area contributed by atoms with E-state index in [4.69, 9.17) is 9.47 Å². The lowest BCUT2D eigenvalue weighted by Gasteiger charge is -2.08. The van der Waals surface area contributed by atoms with Crippen LogP contribution in [-0.4, -0.2) is 36.2 Å². The molecule has 1 heterocycles. The SMILES string of the molecule is COc1ccc(/C=C/C(=O)NCCCn2c(C)nc3ccccc32)cc1OC. The van der Waals surface area contributed by atoms with Gasteiger partial charge in [0.05, 0.1) is 25.3 Å². The number of nitrogens with one attached hydrogen (secondary N) is 1. The number of carbonyl (C=O) groups excluding carboxylic acids is 1. The summed E-state index contributed by atoms with van der Waals surface area (Å²) in [5, 5.41) is 2.92. The van der Waals surface area contributed by atoms with Crippen LogP contribution in [0.4, 0.5) is 0 Å². The van der Waals surface area contributed by atoms with Gasteiger partial charge in [0.2, 0.25) is 5.91 Å². The lowest BCUT2D eigenvalue weighted by atomic mass is 10.2. The first-order chi connectivity index (χ1) is 13.6. The molecule has 0 atom stereocenters. The monoisotopic (exact) mass is 379 g/mol. The van der Waals surface area contributed by atoms with Crippen molar-refractivity contribution in [2.24, 2.45) is 0 Å². The van der Waals surface area contributed by atoms with Gasteiger partial charge in [0.25, 0.3) is 0 Å². The van der Waals surface area contributed by atoms with E-state index in [0.717, 1.165) is 35.4 Å². The number of imidazole rings is 1. The number of carbonyl (C=O) groups is 1. The largest absolute Gasteiger partial charge is 0.493 e. The van der Waals surface area contributed by atoms with E-state index in [1.54, 1.807) is 20.3 Å². The van der Waals surface area contributed by atoms with E-state index in [1.165, 1.54) is 6.08 Å². The van der Waals surface area contributed by atoms with E-state index in [9.17, 15) is 4.79 Å². The molecule has 0 aliphatic carbocycles. The lowest BCUT2D eigenvalue weighted by Crippen LogP contribution is -2.23. The van der Waals surface area contributed by atoms with Crippen LogP contribution in [0.15, 0.2) is 48.5 Å². The van der Waals surface area contributed by atoms with Crippen LogP contribution in [0.3, 0.4) is 0 Å². The molecule has 1 amide bonds. The summed E-state index contributed by atoms with van der Waals surface area (Å²) in [5.74, 6) is 2.15. The summed E-state index contributed by atoms with van der Waals surface area (Å²) in [7, 11) is 3.18. The summed E-state index contributed by atoms with van der Waals surface area (Å²) in [6, 6.07) is 13.6. The Kier molecular flexibility index (Phi) is 6.32. The molecule has 1 aromatic heterocycles. The predicted molar refractivity (Wildman–Crippen MR) is 111 cm³/mol. The van der Waals surface area contributed by atoms with Crippen molar-refractivity contribution in [3.63, 3.8) is 0 Å². The molecule has 1 N–H and O–H groups in total. The van der Waals surface area contributed by atoms with Crippen molar-refractivity contribution in [1.29, 1.82) is 0 Å². The Bertz CT molecular complexity index is 992. The standard InChI is InChI=1S/C22H25N3O3/c1-16-24-18-7-4-5-8-19(18)25(16)14-6-13-23-22(26)12-10-17-9-11-20(27-2)21(15-17)28-3/h4-5,7-12,15H,6,13-14H2,1-3H3,(H,23,26)/b12-10+. The molecule has 28 heavy (non-hydrogen) atoms. The average molecular weight is 379 g/mol. The number of fused-ring (bicyclic) bond motifs is 1. The molecule has 146 valence electrons. The van der Waals surface area contributed by atoms with Gasteiger partial charge in [-0.05, 0) is 49.2 Å². The van der Waals surface area contributed by atoms with Gasteiger partial charge in [0.1, 0.15) is 5.82 Å². The molecule has 0 radical (unpaired) electrons. The summed E-state index contributed by atoms with van der Waals surface area (Å²) in [6.07, 6.45) is 4.11. The summed E-state index contributed by atoms with van der Waals surface area (Å²) < 4.78 is 12.7. The van der Waals surface area contributed by atoms with Gasteiger partial charge < -0.3 is 19.4 Å². The fourth-order valence-electron chi connectivity index (χ4n) is 3.11. The minimum Gasteiger partial charge on any atom is -0.493 e. The van der Waals surface area contributed by atoms with Crippen molar-refractivity contribution in [2.75, 3.05) is 20.8 Å². The smallest absolute Gasteiger partial charge is 0.244 e. The van der Waals surface area contributed by atoms with Crippen molar-refractivity contribution in [1.82, 2.24) is 14.9 Å². The Morgan fingerprint density at radius 3 is 2.71 bits per heavy atom. The molecule has 3 rings (SSSR count). The second-order valence-electron chi connectivity index (χ2n) is 6.39. The van der Waals surface area contributed by atoms with E-state index >= 15 is 0 Å². The number of ether oxygens (including phenoxy) is 2. The molecule has 0 saturated carbocycles. The maximum absolute atomic E-state index is 12.1. The van der Waals surface area contributed by atoms with Gasteiger partial charge in [-0.15, -0.1) is 0 Å². The summed E-state index contributed by atoms with van der Waals surface area (Å²) in [6.45, 7) is 3.41. The number of para-hydroxylation sites is 2. The highest BCUT2D eigenvalue weighted by Gasteiger charge is 2.06. The molecule has 3 aromatic rings. The minimum atomic E-state index is -0.123. The van der Waals surface area contributed by atoms with E-state index in [1.807, 2.05) is 43.3 Å². The van der Waals surface area contributed by atoms with E-state index < -0.39 is 0 Å². The van der Waals surface area contributed by atoms with Crippen molar-refractivity contribution in [2.45, 2.75) is 19.9 Å². The molecule has 6 heteroatoms. The lowest BCUT2D eigenvalue weighted by molar-refractivity contribution is -0.116. The first-order valence-corrected chi connectivity index (χ1v) is 9.22. The Morgan fingerprint density at radius 2 is 1.93 bits per heavy atom. The first-order valence-electron chi connectivity index (χ1n) is 9.22. The molecule has 0 bridgehead atoms. The fraction of sp³-hybridized carbons (Fsp3) is 0.273. The second-order valence-corrected chi connectivity index (χ2v) is 6.39. The summed E-state index contributed by atoms with van der Waals surface area (Å²) in [5.41, 5.74) is 3.00. The maximum Gasteiger partial charge on any atom is 0.244 e. The molecule has 0 unspecified atom stereocenters. The highest BCUT2D eigenvalue weighted by molar-refractivity contribution is 5.91. The van der Waals surface area contributed by atoms with Gasteiger partial charge >= 0.3 is 0 Å². The van der Waals surface area contributed by atoms with Crippen LogP contribution in [0.25, 0.3) is 17.1 Å². The zero-order valence-electron chi connectivity index (χ0n) is 16.4. The van der Waals surface area contributed by atoms with Gasteiger partial charge in [-0.25, -0.2) is 4.98 Å². The zero-order valence-corrected chi connectivity index (χ0v) is 16.4. The Hall–Kier alpha value is -3.28. The molecular weight excluding hydrogens is 354 g/mol. The number of methoxy groups -OCH3 is 2. The predicted octanol–water partition coefficient (Wildman–Crippen LogP) is 3.58. The highest BCUT2D eigenvalue weighted by atomic mass is 16.5. The van der Waals surface area contributed by atoms with E-state index in [-0.39, 0.29) is 5.91 Å². The van der Waals surface area contributed by atoms with Crippen LogP contribution in [0, 0.1) is 6.92 Å². The number of benzene rings is 2. The van der Waals surface area contributed by atoms with Crippen molar-refractivity contribution in [3.05, 3.63) is 59.9 Å². The van der Waals surface area contributed by atoms with Crippen molar-refractivity contribution < 1.29 is 14.3 Å². The topological polar surface area (TPSA) is 65.4 Å². The van der Waals surface area contributed by atoms with Crippen LogP contribution in [0.2, 0.25) is 0 Å². The van der Waals surface area contributed by atoms with E-state index in [2.05, 4.69) is 20.9 Å². The summed E-state index contributed by atoms with van der Waals surface area (Å²) >= 11 is 0. The zero-order chi connectivity index (χ0) is 19.9. The molecular formula is C22H25N3O3. The molecule has 0 aliphatic rings. The number of hydrogen-bond acceptors (Lipinski definition) is 4. The molecule has 0 saturated heterocycles. The highest BCUT2D eigenvalue weighted by Crippen LogP contribution is 2.27. The van der Waals surface area contributed by atoms with Crippen molar-refractivity contribution in [3.8, 4) is 11.5 Å². The Morgan fingerprint density at radius 1 is 1.14 bits per heavy atom. The first kappa shape index (κ1) is 19.5. The van der Waals surface area contributed by atoms with Crippen LogP contribution in [0.5, 0.6) is 11.5 Å². The Labute approximate surface area is 164 Å². The number of rotatable bonds is 8. The number of hydrogen-bond donors (Lipinski definition) is 1. The molecule has 6 nitrogen and oxygen atoms in total. The van der Waals surface area contributed by atoms with Crippen LogP contribution in [0.1, 0.15) is 17.8 Å². The van der Waals surface area contributed by atoms with Crippen molar-refractivity contribution >= 4 is 23.0 Å². The number of aryl methyl sites for hydroxylation is 2. The molecule has 0 aliphatic heterocycles. The number of nitrogens with zero attached hydrogens (tertiary/aromatic N) is 2. The third-order valence-electron chi connectivity index (χ3n) is 4.54. The van der Waals surface area contributed by atoms with Crippen LogP contribution in [-0.2, 0) is 11.3 Å². The normalized spacial score (nSPS) is 11.1. The molecule has 0 fully saturated rings. The number of aromatic nitrogens is 2. The fourth-order valence-corrected chi connectivity index (χ4v) is 3.11. The minimum absolute atomic E-state index is 0.123. The third-order valence-corrected chi connectivity index (χ3v) is 4.54. The van der Waals surface area contributed by atoms with Crippen LogP contribution >= 0.6 is 0 Å². The van der Waals surface area contributed by atoms with Gasteiger partial charge in [0.15, 0.2) is 11.5 Å². The van der Waals surface area contributed by atoms with Gasteiger partial charge in [-0.1, -0.05) is 18.2 Å². The average Bonchev–Trinajstić information content (AvgIpc) is 3.04. The molecule has 0 spiro atoms. The van der Waals surface area contributed by atoms with Crippen LogP contribution < -0.4 is 14.8 Å². The maximum atomic E-state index is 12.1. The number of amides is 1. The Balaban J connectivity index is 1.50. The summed E-state index contributed by atoms with van der Waals surface area (Å²) in [4.78, 5) is 16.6. The van der Waals surface area contributed by atoms with E-state index in [0.29, 0.717) is 18.0 Å². The second kappa shape index (κ2) is 9.08. The third kappa shape index (κ3) is 4.52.